The summed E-state index contributed by atoms with van der Waals surface area (Å²) < 4.78 is 0. The summed E-state index contributed by atoms with van der Waals surface area (Å²) in [6.45, 7) is 3.38. The smallest absolute Gasteiger partial charge is 0.317 e. The number of carbonyl (C=O) groups is 3. The number of hydrogen-bond acceptors (Lipinski definition) is 3. The van der Waals surface area contributed by atoms with Gasteiger partial charge in [0, 0.05) is 45.2 Å². The highest BCUT2D eigenvalue weighted by molar-refractivity contribution is 5.89. The average Bonchev–Trinajstić information content (AvgIpc) is 3.24. The van der Waals surface area contributed by atoms with Crippen molar-refractivity contribution < 1.29 is 14.4 Å². The molecule has 4 aliphatic rings. The lowest BCUT2D eigenvalue weighted by Crippen LogP contribution is -2.64. The van der Waals surface area contributed by atoms with Crippen LogP contribution in [-0.2, 0) is 9.59 Å². The predicted octanol–water partition coefficient (Wildman–Crippen LogP) is 1.18. The molecule has 3 saturated heterocycles. The first-order valence-corrected chi connectivity index (χ1v) is 10.3. The molecule has 4 fully saturated rings. The van der Waals surface area contributed by atoms with Gasteiger partial charge in [-0.1, -0.05) is 19.3 Å². The Morgan fingerprint density at radius 2 is 1.58 bits per heavy atom. The third-order valence-corrected chi connectivity index (χ3v) is 6.45. The lowest BCUT2D eigenvalue weighted by atomic mass is 9.95. The SMILES string of the molecule is O=C(NC1CCCCC1)N1CC(N2CC(C(=O)N3CCCC3)CC2=O)C1. The van der Waals surface area contributed by atoms with Crippen LogP contribution in [0, 0.1) is 5.92 Å². The molecule has 7 heteroatoms. The van der Waals surface area contributed by atoms with E-state index in [4.69, 9.17) is 0 Å². The number of carbonyl (C=O) groups excluding carboxylic acids is 3. The van der Waals surface area contributed by atoms with E-state index in [9.17, 15) is 14.4 Å². The van der Waals surface area contributed by atoms with Gasteiger partial charge in [-0.3, -0.25) is 9.59 Å². The molecule has 0 radical (unpaired) electrons. The molecule has 1 unspecified atom stereocenters. The second-order valence-electron chi connectivity index (χ2n) is 8.32. The minimum atomic E-state index is -0.189. The van der Waals surface area contributed by atoms with Gasteiger partial charge in [-0.2, -0.15) is 0 Å². The molecule has 0 aromatic rings. The van der Waals surface area contributed by atoms with E-state index in [2.05, 4.69) is 5.32 Å². The molecule has 0 bridgehead atoms. The highest BCUT2D eigenvalue weighted by Gasteiger charge is 2.44. The van der Waals surface area contributed by atoms with Crippen LogP contribution in [0.25, 0.3) is 0 Å². The summed E-state index contributed by atoms with van der Waals surface area (Å²) in [5.74, 6) is 0.0233. The third kappa shape index (κ3) is 3.53. The highest BCUT2D eigenvalue weighted by atomic mass is 16.2. The molecule has 1 aliphatic carbocycles. The van der Waals surface area contributed by atoms with Gasteiger partial charge in [-0.25, -0.2) is 4.79 Å². The molecule has 1 saturated carbocycles. The van der Waals surface area contributed by atoms with E-state index < -0.39 is 0 Å². The van der Waals surface area contributed by atoms with Gasteiger partial charge in [0.25, 0.3) is 0 Å². The van der Waals surface area contributed by atoms with Gasteiger partial charge in [0.15, 0.2) is 0 Å². The number of nitrogens with zero attached hydrogens (tertiary/aromatic N) is 3. The Hall–Kier alpha value is -1.79. The van der Waals surface area contributed by atoms with E-state index in [-0.39, 0.29) is 29.8 Å². The van der Waals surface area contributed by atoms with Gasteiger partial charge in [-0.05, 0) is 25.7 Å². The fourth-order valence-electron chi connectivity index (χ4n) is 4.78. The van der Waals surface area contributed by atoms with Crippen molar-refractivity contribution in [2.24, 2.45) is 5.92 Å². The van der Waals surface area contributed by atoms with E-state index in [1.54, 1.807) is 4.90 Å². The first-order chi connectivity index (χ1) is 12.6. The summed E-state index contributed by atoms with van der Waals surface area (Å²) in [5, 5.41) is 3.13. The monoisotopic (exact) mass is 362 g/mol. The van der Waals surface area contributed by atoms with Gasteiger partial charge in [0.2, 0.25) is 11.8 Å². The van der Waals surface area contributed by atoms with Gasteiger partial charge in [-0.15, -0.1) is 0 Å². The Morgan fingerprint density at radius 1 is 0.885 bits per heavy atom. The molecule has 1 atom stereocenters. The summed E-state index contributed by atoms with van der Waals surface area (Å²) in [5.41, 5.74) is 0. The van der Waals surface area contributed by atoms with E-state index in [0.29, 0.717) is 32.1 Å². The normalized spacial score (nSPS) is 27.8. The lowest BCUT2D eigenvalue weighted by molar-refractivity contribution is -0.135. The van der Waals surface area contributed by atoms with Gasteiger partial charge in [0.1, 0.15) is 0 Å². The van der Waals surface area contributed by atoms with Crippen molar-refractivity contribution in [2.45, 2.75) is 63.5 Å². The number of likely N-dealkylation sites (tertiary alicyclic amines) is 3. The van der Waals surface area contributed by atoms with Crippen LogP contribution in [-0.4, -0.2) is 77.4 Å². The topological polar surface area (TPSA) is 73.0 Å². The van der Waals surface area contributed by atoms with Crippen LogP contribution < -0.4 is 5.32 Å². The van der Waals surface area contributed by atoms with Crippen LogP contribution in [0.15, 0.2) is 0 Å². The zero-order valence-corrected chi connectivity index (χ0v) is 15.5. The van der Waals surface area contributed by atoms with Crippen LogP contribution in [0.1, 0.15) is 51.4 Å². The van der Waals surface area contributed by atoms with E-state index in [1.165, 1.54) is 19.3 Å². The molecule has 0 aromatic heterocycles. The van der Waals surface area contributed by atoms with Gasteiger partial charge >= 0.3 is 6.03 Å². The Morgan fingerprint density at radius 3 is 2.27 bits per heavy atom. The molecule has 26 heavy (non-hydrogen) atoms. The second kappa shape index (κ2) is 7.45. The fourth-order valence-corrected chi connectivity index (χ4v) is 4.78. The molecule has 4 rings (SSSR count). The van der Waals surface area contributed by atoms with Crippen LogP contribution >= 0.6 is 0 Å². The van der Waals surface area contributed by atoms with Crippen LogP contribution in [0.5, 0.6) is 0 Å². The Labute approximate surface area is 155 Å². The maximum atomic E-state index is 12.5. The zero-order valence-electron chi connectivity index (χ0n) is 15.5. The van der Waals surface area contributed by atoms with Gasteiger partial charge in [0.05, 0.1) is 12.0 Å². The average molecular weight is 362 g/mol. The minimum absolute atomic E-state index is 0.00416. The quantitative estimate of drug-likeness (QED) is 0.819. The van der Waals surface area contributed by atoms with Crippen molar-refractivity contribution in [3.05, 3.63) is 0 Å². The third-order valence-electron chi connectivity index (χ3n) is 6.45. The summed E-state index contributed by atoms with van der Waals surface area (Å²) in [6, 6.07) is 0.395. The molecule has 3 heterocycles. The van der Waals surface area contributed by atoms with Crippen LogP contribution in [0.3, 0.4) is 0 Å². The standard InChI is InChI=1S/C19H30N4O3/c24-17-10-14(18(25)21-8-4-5-9-21)11-23(17)16-12-22(13-16)19(26)20-15-6-2-1-3-7-15/h14-16H,1-13H2,(H,20,26). The Balaban J connectivity index is 1.24. The van der Waals surface area contributed by atoms with Crippen molar-refractivity contribution >= 4 is 17.8 Å². The largest absolute Gasteiger partial charge is 0.342 e. The highest BCUT2D eigenvalue weighted by Crippen LogP contribution is 2.27. The van der Waals surface area contributed by atoms with Crippen molar-refractivity contribution in [1.82, 2.24) is 20.0 Å². The molecule has 0 aromatic carbocycles. The number of urea groups is 1. The summed E-state index contributed by atoms with van der Waals surface area (Å²) in [4.78, 5) is 42.8. The number of rotatable bonds is 3. The summed E-state index contributed by atoms with van der Waals surface area (Å²) in [7, 11) is 0. The molecule has 144 valence electrons. The molecule has 7 nitrogen and oxygen atoms in total. The maximum Gasteiger partial charge on any atom is 0.317 e. The molecule has 4 amide bonds. The molecule has 0 spiro atoms. The first kappa shape index (κ1) is 17.6. The number of amides is 4. The molecular formula is C19H30N4O3. The molecule has 3 aliphatic heterocycles. The van der Waals surface area contributed by atoms with Crippen molar-refractivity contribution in [2.75, 3.05) is 32.7 Å². The summed E-state index contributed by atoms with van der Waals surface area (Å²) >= 11 is 0. The van der Waals surface area contributed by atoms with E-state index in [1.807, 2.05) is 9.80 Å². The lowest BCUT2D eigenvalue weighted by Gasteiger charge is -2.44. The number of hydrogen-bond donors (Lipinski definition) is 1. The van der Waals surface area contributed by atoms with Crippen LogP contribution in [0.4, 0.5) is 4.79 Å². The number of nitrogens with one attached hydrogen (secondary N) is 1. The Kier molecular flexibility index (Phi) is 5.05. The van der Waals surface area contributed by atoms with Crippen molar-refractivity contribution in [3.8, 4) is 0 Å². The van der Waals surface area contributed by atoms with Crippen molar-refractivity contribution in [3.63, 3.8) is 0 Å². The van der Waals surface area contributed by atoms with Gasteiger partial charge < -0.3 is 20.0 Å². The predicted molar refractivity (Wildman–Crippen MR) is 96.4 cm³/mol. The molecular weight excluding hydrogens is 332 g/mol. The summed E-state index contributed by atoms with van der Waals surface area (Å²) in [6.07, 6.45) is 8.30. The fraction of sp³-hybridized carbons (Fsp3) is 0.842. The zero-order chi connectivity index (χ0) is 18.1. The second-order valence-corrected chi connectivity index (χ2v) is 8.32. The maximum absolute atomic E-state index is 12.5. The molecule has 1 N–H and O–H groups in total. The first-order valence-electron chi connectivity index (χ1n) is 10.3. The van der Waals surface area contributed by atoms with E-state index in [0.717, 1.165) is 38.8 Å². The minimum Gasteiger partial charge on any atom is -0.342 e. The van der Waals surface area contributed by atoms with Crippen molar-refractivity contribution in [1.29, 1.82) is 0 Å². The Bertz CT molecular complexity index is 563. The van der Waals surface area contributed by atoms with E-state index >= 15 is 0 Å². The van der Waals surface area contributed by atoms with Crippen LogP contribution in [0.2, 0.25) is 0 Å².